The maximum Gasteiger partial charge on any atom is 0.299 e. The summed E-state index contributed by atoms with van der Waals surface area (Å²) in [5.41, 5.74) is 4.13. The van der Waals surface area contributed by atoms with Crippen LogP contribution in [0.5, 0.6) is 11.5 Å². The highest BCUT2D eigenvalue weighted by atomic mass is 35.5. The largest absolute Gasteiger partial charge is 0.453 e. The molecule has 3 aromatic carbocycles. The second kappa shape index (κ2) is 11.1. The van der Waals surface area contributed by atoms with Crippen LogP contribution in [0.3, 0.4) is 0 Å². The lowest BCUT2D eigenvalue weighted by molar-refractivity contribution is 0.0949. The van der Waals surface area contributed by atoms with Crippen molar-refractivity contribution in [2.75, 3.05) is 11.9 Å². The molecule has 0 aliphatic heterocycles. The predicted molar refractivity (Wildman–Crippen MR) is 150 cm³/mol. The number of ether oxygens (including phenoxy) is 1. The number of fused-ring (bicyclic) bond motifs is 1. The molecule has 8 heteroatoms. The van der Waals surface area contributed by atoms with Gasteiger partial charge in [0, 0.05) is 22.8 Å². The number of rotatable bonds is 8. The van der Waals surface area contributed by atoms with Crippen molar-refractivity contribution in [3.8, 4) is 17.2 Å². The number of carbonyl (C=O) groups is 1. The van der Waals surface area contributed by atoms with Gasteiger partial charge >= 0.3 is 0 Å². The minimum atomic E-state index is -0.398. The van der Waals surface area contributed by atoms with Crippen molar-refractivity contribution in [3.05, 3.63) is 105 Å². The van der Waals surface area contributed by atoms with Crippen LogP contribution < -0.4 is 20.9 Å². The quantitative estimate of drug-likeness (QED) is 0.280. The van der Waals surface area contributed by atoms with Crippen LogP contribution >= 0.6 is 11.6 Å². The molecule has 4 aromatic rings. The van der Waals surface area contributed by atoms with Gasteiger partial charge in [0.25, 0.3) is 11.5 Å². The molecule has 0 saturated heterocycles. The van der Waals surface area contributed by atoms with Crippen LogP contribution in [-0.4, -0.2) is 22.2 Å². The van der Waals surface area contributed by atoms with E-state index < -0.39 is 5.56 Å². The van der Waals surface area contributed by atoms with Gasteiger partial charge in [-0.2, -0.15) is 9.78 Å². The average molecular weight is 529 g/mol. The molecule has 1 amide bonds. The summed E-state index contributed by atoms with van der Waals surface area (Å²) in [5, 5.41) is 11.0. The molecule has 0 unspecified atom stereocenters. The number of hydrogen-bond donors (Lipinski definition) is 2. The minimum absolute atomic E-state index is 0.141. The van der Waals surface area contributed by atoms with E-state index in [9.17, 15) is 9.59 Å². The number of aromatic nitrogens is 2. The lowest BCUT2D eigenvalue weighted by Gasteiger charge is -2.15. The third-order valence-corrected chi connectivity index (χ3v) is 6.62. The second-order valence-electron chi connectivity index (χ2n) is 9.77. The van der Waals surface area contributed by atoms with E-state index in [0.29, 0.717) is 45.9 Å². The van der Waals surface area contributed by atoms with Gasteiger partial charge in [0.05, 0.1) is 11.9 Å². The van der Waals surface area contributed by atoms with E-state index in [0.717, 1.165) is 19.3 Å². The van der Waals surface area contributed by atoms with Crippen LogP contribution in [-0.2, 0) is 12.8 Å². The summed E-state index contributed by atoms with van der Waals surface area (Å²) < 4.78 is 7.47. The molecule has 1 heterocycles. The van der Waals surface area contributed by atoms with E-state index in [1.54, 1.807) is 48.5 Å². The molecule has 0 saturated carbocycles. The number of aryl methyl sites for hydroxylation is 2. The molecule has 38 heavy (non-hydrogen) atoms. The smallest absolute Gasteiger partial charge is 0.299 e. The first-order valence-electron chi connectivity index (χ1n) is 12.7. The van der Waals surface area contributed by atoms with Crippen LogP contribution in [0, 0.1) is 5.92 Å². The fraction of sp³-hybridized carbons (Fsp3) is 0.233. The molecule has 2 N–H and O–H groups in total. The van der Waals surface area contributed by atoms with Gasteiger partial charge in [-0.1, -0.05) is 37.6 Å². The van der Waals surface area contributed by atoms with Crippen LogP contribution in [0.4, 0.5) is 11.4 Å². The van der Waals surface area contributed by atoms with Crippen molar-refractivity contribution in [2.45, 2.75) is 33.1 Å². The number of nitrogens with one attached hydrogen (secondary N) is 2. The Kier molecular flexibility index (Phi) is 7.47. The van der Waals surface area contributed by atoms with Crippen LogP contribution in [0.25, 0.3) is 5.69 Å². The molecule has 0 bridgehead atoms. The minimum Gasteiger partial charge on any atom is -0.453 e. The number of nitrogens with zero attached hydrogens (tertiary/aromatic N) is 2. The first-order valence-corrected chi connectivity index (χ1v) is 13.1. The first kappa shape index (κ1) is 25.5. The molecule has 0 fully saturated rings. The molecule has 194 valence electrons. The van der Waals surface area contributed by atoms with Crippen molar-refractivity contribution in [1.82, 2.24) is 15.1 Å². The van der Waals surface area contributed by atoms with Crippen molar-refractivity contribution < 1.29 is 9.53 Å². The van der Waals surface area contributed by atoms with Gasteiger partial charge in [0.15, 0.2) is 11.4 Å². The van der Waals surface area contributed by atoms with Gasteiger partial charge in [0.2, 0.25) is 0 Å². The third-order valence-electron chi connectivity index (χ3n) is 6.38. The number of halogens is 1. The summed E-state index contributed by atoms with van der Waals surface area (Å²) in [6, 6.07) is 19.9. The molecule has 0 atom stereocenters. The number of anilines is 2. The Morgan fingerprint density at radius 1 is 1.05 bits per heavy atom. The Morgan fingerprint density at radius 2 is 1.84 bits per heavy atom. The monoisotopic (exact) mass is 528 g/mol. The first-order chi connectivity index (χ1) is 18.4. The van der Waals surface area contributed by atoms with Gasteiger partial charge in [0.1, 0.15) is 5.75 Å². The highest BCUT2D eigenvalue weighted by Gasteiger charge is 2.18. The molecule has 7 nitrogen and oxygen atoms in total. The summed E-state index contributed by atoms with van der Waals surface area (Å²) in [5.74, 6) is 1.16. The normalized spacial score (nSPS) is 12.3. The lowest BCUT2D eigenvalue weighted by atomic mass is 10.1. The molecular weight excluding hydrogens is 500 g/mol. The molecular formula is C30H29ClN4O3. The zero-order chi connectivity index (χ0) is 26.6. The zero-order valence-electron chi connectivity index (χ0n) is 21.3. The molecule has 1 aliphatic carbocycles. The number of hydrogen-bond acceptors (Lipinski definition) is 5. The number of benzene rings is 3. The van der Waals surface area contributed by atoms with Gasteiger partial charge in [-0.3, -0.25) is 9.59 Å². The van der Waals surface area contributed by atoms with E-state index in [1.807, 2.05) is 26.0 Å². The van der Waals surface area contributed by atoms with E-state index in [-0.39, 0.29) is 11.6 Å². The predicted octanol–water partition coefficient (Wildman–Crippen LogP) is 6.30. The topological polar surface area (TPSA) is 85.2 Å². The van der Waals surface area contributed by atoms with Crippen molar-refractivity contribution in [3.63, 3.8) is 0 Å². The standard InChI is InChI=1S/C30H29ClN4O3/c1-19(2)17-32-29(36)21-9-12-24(13-10-21)34-28-27(38-26-14-11-20-5-3-6-22(20)15-26)18-33-35(30(28)37)25-8-4-7-23(31)16-25/h4,7-16,18-19,34H,3,5-6,17H2,1-2H3,(H,32,36). The Bertz CT molecular complexity index is 1530. The Balaban J connectivity index is 1.48. The molecule has 1 aliphatic rings. The Labute approximate surface area is 226 Å². The van der Waals surface area contributed by atoms with Gasteiger partial charge < -0.3 is 15.4 Å². The summed E-state index contributed by atoms with van der Waals surface area (Å²) >= 11 is 6.17. The van der Waals surface area contributed by atoms with E-state index in [1.165, 1.54) is 22.0 Å². The van der Waals surface area contributed by atoms with E-state index in [4.69, 9.17) is 16.3 Å². The molecule has 0 radical (unpaired) electrons. The molecule has 1 aromatic heterocycles. The third kappa shape index (κ3) is 5.73. The SMILES string of the molecule is CC(C)CNC(=O)c1ccc(Nc2c(Oc3ccc4c(c3)CCC4)cnn(-c3cccc(Cl)c3)c2=O)cc1. The number of carbonyl (C=O) groups excluding carboxylic acids is 1. The van der Waals surface area contributed by atoms with Crippen molar-refractivity contribution in [1.29, 1.82) is 0 Å². The lowest BCUT2D eigenvalue weighted by Crippen LogP contribution is -2.27. The van der Waals surface area contributed by atoms with Crippen LogP contribution in [0.2, 0.25) is 5.02 Å². The number of amides is 1. The fourth-order valence-electron chi connectivity index (χ4n) is 4.41. The van der Waals surface area contributed by atoms with Crippen LogP contribution in [0.1, 0.15) is 41.8 Å². The zero-order valence-corrected chi connectivity index (χ0v) is 22.1. The van der Waals surface area contributed by atoms with E-state index >= 15 is 0 Å². The van der Waals surface area contributed by atoms with Crippen LogP contribution in [0.15, 0.2) is 77.7 Å². The Morgan fingerprint density at radius 3 is 2.61 bits per heavy atom. The second-order valence-corrected chi connectivity index (χ2v) is 10.2. The highest BCUT2D eigenvalue weighted by Crippen LogP contribution is 2.32. The van der Waals surface area contributed by atoms with Gasteiger partial charge in [-0.25, -0.2) is 0 Å². The summed E-state index contributed by atoms with van der Waals surface area (Å²) in [7, 11) is 0. The van der Waals surface area contributed by atoms with E-state index in [2.05, 4.69) is 21.8 Å². The fourth-order valence-corrected chi connectivity index (χ4v) is 4.59. The summed E-state index contributed by atoms with van der Waals surface area (Å²) in [6.45, 7) is 4.68. The van der Waals surface area contributed by atoms with Gasteiger partial charge in [-0.05, 0) is 90.9 Å². The summed E-state index contributed by atoms with van der Waals surface area (Å²) in [6.07, 6.45) is 4.74. The maximum atomic E-state index is 13.7. The average Bonchev–Trinajstić information content (AvgIpc) is 3.38. The van der Waals surface area contributed by atoms with Crippen molar-refractivity contribution in [2.24, 2.45) is 5.92 Å². The summed E-state index contributed by atoms with van der Waals surface area (Å²) in [4.78, 5) is 26.1. The Hall–Kier alpha value is -4.10. The molecule has 5 rings (SSSR count). The van der Waals surface area contributed by atoms with Crippen molar-refractivity contribution >= 4 is 28.9 Å². The molecule has 0 spiro atoms. The van der Waals surface area contributed by atoms with Gasteiger partial charge in [-0.15, -0.1) is 0 Å². The maximum absolute atomic E-state index is 13.7. The highest BCUT2D eigenvalue weighted by molar-refractivity contribution is 6.30.